The first-order chi connectivity index (χ1) is 12.5. The maximum absolute atomic E-state index is 12.7. The van der Waals surface area contributed by atoms with Crippen LogP contribution in [-0.2, 0) is 20.8 Å². The number of halogens is 1. The van der Waals surface area contributed by atoms with E-state index >= 15 is 0 Å². The third kappa shape index (κ3) is 6.46. The van der Waals surface area contributed by atoms with Crippen LogP contribution in [-0.4, -0.2) is 62.3 Å². The summed E-state index contributed by atoms with van der Waals surface area (Å²) in [7, 11) is 0. The summed E-state index contributed by atoms with van der Waals surface area (Å²) in [5.74, 6) is 0.685. The van der Waals surface area contributed by atoms with Gasteiger partial charge in [-0.05, 0) is 38.5 Å². The van der Waals surface area contributed by atoms with Crippen LogP contribution in [0.4, 0.5) is 9.18 Å². The summed E-state index contributed by atoms with van der Waals surface area (Å²) < 4.78 is 34.5. The molecule has 0 aromatic heterocycles. The van der Waals surface area contributed by atoms with Gasteiger partial charge in [-0.3, -0.25) is 4.90 Å². The number of hydrogen-bond acceptors (Lipinski definition) is 5. The lowest BCUT2D eigenvalue weighted by molar-refractivity contribution is 0.0143. The molecule has 1 aliphatic heterocycles. The molecule has 0 radical (unpaired) electrons. The van der Waals surface area contributed by atoms with Gasteiger partial charge in [0.15, 0.2) is 6.10 Å². The lowest BCUT2D eigenvalue weighted by atomic mass is 10.2. The highest BCUT2D eigenvalue weighted by Gasteiger charge is 2.34. The van der Waals surface area contributed by atoms with E-state index in [1.165, 1.54) is 4.90 Å². The van der Waals surface area contributed by atoms with Crippen molar-refractivity contribution in [2.45, 2.75) is 45.6 Å². The molecule has 1 heterocycles. The molecule has 0 saturated carbocycles. The molecule has 0 aliphatic carbocycles. The minimum atomic E-state index is -0.587. The van der Waals surface area contributed by atoms with Gasteiger partial charge < -0.3 is 18.9 Å². The molecule has 0 spiro atoms. The van der Waals surface area contributed by atoms with Crippen LogP contribution in [0.25, 0.3) is 0 Å². The molecule has 1 aliphatic rings. The van der Waals surface area contributed by atoms with E-state index in [9.17, 15) is 9.18 Å². The summed E-state index contributed by atoms with van der Waals surface area (Å²) in [5.41, 5.74) is 1.04. The second kappa shape index (κ2) is 10.3. The monoisotopic (exact) mass is 369 g/mol. The molecule has 146 valence electrons. The number of rotatable bonds is 11. The molecular weight excluding hydrogens is 341 g/mol. The van der Waals surface area contributed by atoms with Gasteiger partial charge in [0.1, 0.15) is 19.0 Å². The summed E-state index contributed by atoms with van der Waals surface area (Å²) in [4.78, 5) is 13.1. The highest BCUT2D eigenvalue weighted by molar-refractivity contribution is 5.70. The maximum atomic E-state index is 12.7. The second-order valence-electron chi connectivity index (χ2n) is 6.59. The number of carbonyl (C=O) groups is 1. The topological polar surface area (TPSA) is 57.2 Å². The van der Waals surface area contributed by atoms with Gasteiger partial charge in [0.05, 0.1) is 38.5 Å². The highest BCUT2D eigenvalue weighted by Crippen LogP contribution is 2.18. The number of hydrogen-bond donors (Lipinski definition) is 0. The molecule has 2 atom stereocenters. The summed E-state index contributed by atoms with van der Waals surface area (Å²) >= 11 is 0. The quantitative estimate of drug-likeness (QED) is 0.561. The fourth-order valence-electron chi connectivity index (χ4n) is 2.48. The Morgan fingerprint density at radius 1 is 1.23 bits per heavy atom. The molecule has 1 amide bonds. The second-order valence-corrected chi connectivity index (χ2v) is 6.59. The van der Waals surface area contributed by atoms with E-state index in [1.54, 1.807) is 6.92 Å². The molecule has 26 heavy (non-hydrogen) atoms. The van der Waals surface area contributed by atoms with Crippen molar-refractivity contribution in [2.24, 2.45) is 0 Å². The first-order valence-electron chi connectivity index (χ1n) is 8.94. The van der Waals surface area contributed by atoms with Crippen LogP contribution in [0.5, 0.6) is 5.75 Å². The Kier molecular flexibility index (Phi) is 8.12. The number of ether oxygens (including phenoxy) is 4. The number of alkyl halides is 1. The summed E-state index contributed by atoms with van der Waals surface area (Å²) in [6.07, 6.45) is -0.667. The average molecular weight is 369 g/mol. The smallest absolute Gasteiger partial charge is 0.410 e. The molecular formula is C19H28FNO5. The number of cyclic esters (lactones) is 1. The predicted molar refractivity (Wildman–Crippen MR) is 95.1 cm³/mol. The van der Waals surface area contributed by atoms with Crippen LogP contribution < -0.4 is 4.74 Å². The van der Waals surface area contributed by atoms with Crippen LogP contribution in [0.3, 0.4) is 0 Å². The Hall–Kier alpha value is -1.86. The van der Waals surface area contributed by atoms with Gasteiger partial charge in [0, 0.05) is 0 Å². The predicted octanol–water partition coefficient (Wildman–Crippen LogP) is 3.19. The first kappa shape index (κ1) is 20.5. The minimum absolute atomic E-state index is 0.210. The van der Waals surface area contributed by atoms with Crippen LogP contribution in [0.1, 0.15) is 26.3 Å². The fraction of sp³-hybridized carbons (Fsp3) is 0.632. The zero-order valence-corrected chi connectivity index (χ0v) is 15.7. The largest absolute Gasteiger partial charge is 0.490 e. The molecule has 2 unspecified atom stereocenters. The maximum Gasteiger partial charge on any atom is 0.410 e. The standard InChI is InChI=1S/C19H28FNO5/c1-14(2)24-9-8-23-12-16-4-6-17(7-5-16)25-13-18-11-21(15(3)10-20)19(22)26-18/h4-7,14-15,18H,8-13H2,1-3H3. The Morgan fingerprint density at radius 3 is 2.62 bits per heavy atom. The number of benzene rings is 1. The van der Waals surface area contributed by atoms with Crippen LogP contribution in [0.15, 0.2) is 24.3 Å². The molecule has 7 heteroatoms. The average Bonchev–Trinajstić information content (AvgIpc) is 3.00. The highest BCUT2D eigenvalue weighted by atomic mass is 19.1. The van der Waals surface area contributed by atoms with E-state index in [1.807, 2.05) is 38.1 Å². The molecule has 1 aromatic rings. The van der Waals surface area contributed by atoms with E-state index in [0.717, 1.165) is 5.56 Å². The Balaban J connectivity index is 1.68. The van der Waals surface area contributed by atoms with Crippen molar-refractivity contribution in [3.63, 3.8) is 0 Å². The van der Waals surface area contributed by atoms with E-state index in [2.05, 4.69) is 0 Å². The van der Waals surface area contributed by atoms with Gasteiger partial charge in [-0.1, -0.05) is 12.1 Å². The van der Waals surface area contributed by atoms with E-state index in [4.69, 9.17) is 18.9 Å². The molecule has 1 aromatic carbocycles. The zero-order chi connectivity index (χ0) is 18.9. The summed E-state index contributed by atoms with van der Waals surface area (Å²) in [6.45, 7) is 7.27. The van der Waals surface area contributed by atoms with Gasteiger partial charge in [-0.25, -0.2) is 9.18 Å². The van der Waals surface area contributed by atoms with Gasteiger partial charge >= 0.3 is 6.09 Å². The number of carbonyl (C=O) groups excluding carboxylic acids is 1. The van der Waals surface area contributed by atoms with Crippen molar-refractivity contribution in [2.75, 3.05) is 33.0 Å². The van der Waals surface area contributed by atoms with Gasteiger partial charge in [-0.2, -0.15) is 0 Å². The Morgan fingerprint density at radius 2 is 1.96 bits per heavy atom. The summed E-state index contributed by atoms with van der Waals surface area (Å²) in [5, 5.41) is 0. The fourth-order valence-corrected chi connectivity index (χ4v) is 2.48. The van der Waals surface area contributed by atoms with Crippen molar-refractivity contribution in [1.29, 1.82) is 0 Å². The molecule has 2 rings (SSSR count). The normalized spacial score (nSPS) is 18.3. The number of nitrogens with zero attached hydrogens (tertiary/aromatic N) is 1. The lowest BCUT2D eigenvalue weighted by Gasteiger charge is -2.18. The third-order valence-corrected chi connectivity index (χ3v) is 3.96. The van der Waals surface area contributed by atoms with Gasteiger partial charge in [0.2, 0.25) is 0 Å². The Bertz CT molecular complexity index is 551. The van der Waals surface area contributed by atoms with Crippen LogP contribution >= 0.6 is 0 Å². The zero-order valence-electron chi connectivity index (χ0n) is 15.7. The first-order valence-corrected chi connectivity index (χ1v) is 8.94. The molecule has 0 N–H and O–H groups in total. The number of amides is 1. The SMILES string of the molecule is CC(C)OCCOCc1ccc(OCC2CN(C(C)CF)C(=O)O2)cc1. The lowest BCUT2D eigenvalue weighted by Crippen LogP contribution is -2.36. The molecule has 1 fully saturated rings. The molecule has 6 nitrogen and oxygen atoms in total. The van der Waals surface area contributed by atoms with Crippen molar-refractivity contribution >= 4 is 6.09 Å². The van der Waals surface area contributed by atoms with Crippen LogP contribution in [0.2, 0.25) is 0 Å². The van der Waals surface area contributed by atoms with Gasteiger partial charge in [0.25, 0.3) is 0 Å². The van der Waals surface area contributed by atoms with Crippen molar-refractivity contribution in [1.82, 2.24) is 4.90 Å². The van der Waals surface area contributed by atoms with Crippen molar-refractivity contribution < 1.29 is 28.1 Å². The van der Waals surface area contributed by atoms with Gasteiger partial charge in [-0.15, -0.1) is 0 Å². The van der Waals surface area contributed by atoms with E-state index in [-0.39, 0.29) is 18.8 Å². The third-order valence-electron chi connectivity index (χ3n) is 3.96. The summed E-state index contributed by atoms with van der Waals surface area (Å²) in [6, 6.07) is 7.08. The van der Waals surface area contributed by atoms with E-state index < -0.39 is 18.8 Å². The van der Waals surface area contributed by atoms with Crippen LogP contribution in [0, 0.1) is 0 Å². The Labute approximate surface area is 154 Å². The molecule has 0 bridgehead atoms. The molecule has 1 saturated heterocycles. The van der Waals surface area contributed by atoms with Crippen molar-refractivity contribution in [3.8, 4) is 5.75 Å². The minimum Gasteiger partial charge on any atom is -0.490 e. The van der Waals surface area contributed by atoms with E-state index in [0.29, 0.717) is 32.1 Å². The van der Waals surface area contributed by atoms with Crippen molar-refractivity contribution in [3.05, 3.63) is 29.8 Å².